The number of aromatic nitrogens is 2. The van der Waals surface area contributed by atoms with E-state index in [9.17, 15) is 4.79 Å². The van der Waals surface area contributed by atoms with Crippen molar-refractivity contribution in [1.29, 1.82) is 0 Å². The molecule has 74 valence electrons. The first-order chi connectivity index (χ1) is 7.27. The van der Waals surface area contributed by atoms with Crippen molar-refractivity contribution < 1.29 is 4.79 Å². The Hall–Kier alpha value is -2.03. The van der Waals surface area contributed by atoms with Crippen molar-refractivity contribution in [2.75, 3.05) is 0 Å². The van der Waals surface area contributed by atoms with E-state index in [4.69, 9.17) is 0 Å². The van der Waals surface area contributed by atoms with Crippen LogP contribution >= 0.6 is 0 Å². The van der Waals surface area contributed by atoms with E-state index in [0.29, 0.717) is 11.1 Å². The van der Waals surface area contributed by atoms with Crippen LogP contribution in [0.3, 0.4) is 0 Å². The molecular weight excluding hydrogens is 188 g/mol. The molecule has 0 radical (unpaired) electrons. The van der Waals surface area contributed by atoms with E-state index in [1.165, 1.54) is 18.7 Å². The first-order valence-electron chi connectivity index (χ1n) is 4.64. The van der Waals surface area contributed by atoms with Crippen LogP contribution in [0.25, 0.3) is 0 Å². The molecule has 15 heavy (non-hydrogen) atoms. The molecular formula is C12H10N2O. The van der Waals surface area contributed by atoms with Crippen LogP contribution in [0.5, 0.6) is 0 Å². The Morgan fingerprint density at radius 3 is 2.20 bits per heavy atom. The van der Waals surface area contributed by atoms with Gasteiger partial charge in [-0.1, -0.05) is 29.8 Å². The van der Waals surface area contributed by atoms with Gasteiger partial charge in [-0.25, -0.2) is 9.97 Å². The average molecular weight is 198 g/mol. The van der Waals surface area contributed by atoms with E-state index in [2.05, 4.69) is 9.97 Å². The monoisotopic (exact) mass is 198 g/mol. The van der Waals surface area contributed by atoms with Gasteiger partial charge in [0.2, 0.25) is 0 Å². The first kappa shape index (κ1) is 9.52. The third kappa shape index (κ3) is 2.07. The van der Waals surface area contributed by atoms with Gasteiger partial charge in [0.25, 0.3) is 0 Å². The number of aryl methyl sites for hydroxylation is 1. The minimum absolute atomic E-state index is 0.0457. The number of carbonyl (C=O) groups excluding carboxylic acids is 1. The van der Waals surface area contributed by atoms with Crippen molar-refractivity contribution in [3.63, 3.8) is 0 Å². The average Bonchev–Trinajstić information content (AvgIpc) is 2.30. The lowest BCUT2D eigenvalue weighted by Crippen LogP contribution is -2.02. The smallest absolute Gasteiger partial charge is 0.196 e. The molecule has 0 aliphatic rings. The SMILES string of the molecule is Cc1ccc(C(=O)c2cncnc2)cc1. The summed E-state index contributed by atoms with van der Waals surface area (Å²) in [6, 6.07) is 7.45. The van der Waals surface area contributed by atoms with Crippen LogP contribution in [-0.2, 0) is 0 Å². The number of rotatable bonds is 2. The lowest BCUT2D eigenvalue weighted by atomic mass is 10.1. The van der Waals surface area contributed by atoms with Crippen LogP contribution in [0, 0.1) is 6.92 Å². The summed E-state index contributed by atoms with van der Waals surface area (Å²) in [4.78, 5) is 19.5. The maximum Gasteiger partial charge on any atom is 0.196 e. The zero-order chi connectivity index (χ0) is 10.7. The van der Waals surface area contributed by atoms with Gasteiger partial charge in [-0.2, -0.15) is 0 Å². The van der Waals surface area contributed by atoms with Gasteiger partial charge in [0, 0.05) is 18.0 Å². The lowest BCUT2D eigenvalue weighted by Gasteiger charge is -2.00. The maximum atomic E-state index is 11.9. The summed E-state index contributed by atoms with van der Waals surface area (Å²) in [5.41, 5.74) is 2.31. The van der Waals surface area contributed by atoms with Crippen molar-refractivity contribution in [3.05, 3.63) is 59.7 Å². The number of ketones is 1. The second-order valence-electron chi connectivity index (χ2n) is 3.32. The molecule has 0 fully saturated rings. The molecule has 0 saturated heterocycles. The fourth-order valence-electron chi connectivity index (χ4n) is 1.29. The molecule has 0 aliphatic carbocycles. The zero-order valence-corrected chi connectivity index (χ0v) is 8.34. The number of nitrogens with zero attached hydrogens (tertiary/aromatic N) is 2. The molecule has 2 aromatic rings. The van der Waals surface area contributed by atoms with Crippen molar-refractivity contribution in [1.82, 2.24) is 9.97 Å². The zero-order valence-electron chi connectivity index (χ0n) is 8.34. The Morgan fingerprint density at radius 2 is 1.60 bits per heavy atom. The minimum Gasteiger partial charge on any atom is -0.288 e. The molecule has 0 saturated carbocycles. The summed E-state index contributed by atoms with van der Waals surface area (Å²) in [7, 11) is 0. The Balaban J connectivity index is 2.33. The summed E-state index contributed by atoms with van der Waals surface area (Å²) in [6.45, 7) is 1.99. The molecule has 0 unspecified atom stereocenters. The van der Waals surface area contributed by atoms with E-state index in [-0.39, 0.29) is 5.78 Å². The standard InChI is InChI=1S/C12H10N2O/c1-9-2-4-10(5-3-9)12(15)11-6-13-8-14-7-11/h2-8H,1H3. The van der Waals surface area contributed by atoms with Gasteiger partial charge in [-0.05, 0) is 6.92 Å². The normalized spacial score (nSPS) is 9.93. The van der Waals surface area contributed by atoms with Crippen molar-refractivity contribution >= 4 is 5.78 Å². The van der Waals surface area contributed by atoms with Crippen molar-refractivity contribution in [2.45, 2.75) is 6.92 Å². The van der Waals surface area contributed by atoms with Gasteiger partial charge < -0.3 is 0 Å². The van der Waals surface area contributed by atoms with E-state index < -0.39 is 0 Å². The highest BCUT2D eigenvalue weighted by Crippen LogP contribution is 2.08. The van der Waals surface area contributed by atoms with E-state index in [1.807, 2.05) is 31.2 Å². The van der Waals surface area contributed by atoms with Crippen LogP contribution in [-0.4, -0.2) is 15.8 Å². The highest BCUT2D eigenvalue weighted by molar-refractivity contribution is 6.08. The molecule has 1 aromatic carbocycles. The second-order valence-corrected chi connectivity index (χ2v) is 3.32. The summed E-state index contributed by atoms with van der Waals surface area (Å²) in [6.07, 6.45) is 4.45. The van der Waals surface area contributed by atoms with Crippen LogP contribution in [0.15, 0.2) is 43.0 Å². The molecule has 0 spiro atoms. The predicted molar refractivity (Wildman–Crippen MR) is 56.6 cm³/mol. The molecule has 3 nitrogen and oxygen atoms in total. The molecule has 0 atom stereocenters. The highest BCUT2D eigenvalue weighted by atomic mass is 16.1. The van der Waals surface area contributed by atoms with E-state index >= 15 is 0 Å². The fourth-order valence-corrected chi connectivity index (χ4v) is 1.29. The van der Waals surface area contributed by atoms with Crippen molar-refractivity contribution in [3.8, 4) is 0 Å². The number of benzene rings is 1. The minimum atomic E-state index is -0.0457. The predicted octanol–water partition coefficient (Wildman–Crippen LogP) is 2.02. The van der Waals surface area contributed by atoms with Crippen LogP contribution in [0.4, 0.5) is 0 Å². The summed E-state index contributed by atoms with van der Waals surface area (Å²) >= 11 is 0. The molecule has 2 rings (SSSR count). The third-order valence-corrected chi connectivity index (χ3v) is 2.14. The molecule has 0 aliphatic heterocycles. The molecule has 1 aromatic heterocycles. The van der Waals surface area contributed by atoms with Crippen LogP contribution in [0.2, 0.25) is 0 Å². The van der Waals surface area contributed by atoms with Gasteiger partial charge in [0.1, 0.15) is 6.33 Å². The molecule has 0 N–H and O–H groups in total. The summed E-state index contributed by atoms with van der Waals surface area (Å²) in [5, 5.41) is 0. The van der Waals surface area contributed by atoms with Gasteiger partial charge in [-0.15, -0.1) is 0 Å². The second kappa shape index (κ2) is 4.00. The Morgan fingerprint density at radius 1 is 1.00 bits per heavy atom. The molecule has 0 amide bonds. The Kier molecular flexibility index (Phi) is 2.54. The quantitative estimate of drug-likeness (QED) is 0.693. The van der Waals surface area contributed by atoms with Gasteiger partial charge >= 0.3 is 0 Å². The van der Waals surface area contributed by atoms with E-state index in [1.54, 1.807) is 0 Å². The summed E-state index contributed by atoms with van der Waals surface area (Å²) in [5.74, 6) is -0.0457. The third-order valence-electron chi connectivity index (χ3n) is 2.14. The van der Waals surface area contributed by atoms with E-state index in [0.717, 1.165) is 5.56 Å². The van der Waals surface area contributed by atoms with Crippen LogP contribution < -0.4 is 0 Å². The number of hydrogen-bond donors (Lipinski definition) is 0. The molecule has 3 heteroatoms. The summed E-state index contributed by atoms with van der Waals surface area (Å²) < 4.78 is 0. The first-order valence-corrected chi connectivity index (χ1v) is 4.64. The topological polar surface area (TPSA) is 42.9 Å². The highest BCUT2D eigenvalue weighted by Gasteiger charge is 2.08. The fraction of sp³-hybridized carbons (Fsp3) is 0.0833. The Labute approximate surface area is 87.8 Å². The van der Waals surface area contributed by atoms with Crippen molar-refractivity contribution in [2.24, 2.45) is 0 Å². The van der Waals surface area contributed by atoms with Crippen LogP contribution in [0.1, 0.15) is 21.5 Å². The van der Waals surface area contributed by atoms with Gasteiger partial charge in [-0.3, -0.25) is 4.79 Å². The molecule has 0 bridgehead atoms. The van der Waals surface area contributed by atoms with Gasteiger partial charge in [0.15, 0.2) is 5.78 Å². The largest absolute Gasteiger partial charge is 0.288 e. The maximum absolute atomic E-state index is 11.9. The Bertz CT molecular complexity index is 463. The van der Waals surface area contributed by atoms with Gasteiger partial charge in [0.05, 0.1) is 5.56 Å². The lowest BCUT2D eigenvalue weighted by molar-refractivity contribution is 0.103. The number of carbonyl (C=O) groups is 1. The molecule has 1 heterocycles. The number of hydrogen-bond acceptors (Lipinski definition) is 3.